The molecule has 0 saturated carbocycles. The first-order chi connectivity index (χ1) is 11.7. The van der Waals surface area contributed by atoms with E-state index in [4.69, 9.17) is 4.74 Å². The number of nitrogens with one attached hydrogen (secondary N) is 1. The van der Waals surface area contributed by atoms with Gasteiger partial charge in [0.05, 0.1) is 18.5 Å². The van der Waals surface area contributed by atoms with Gasteiger partial charge in [-0.25, -0.2) is 8.42 Å². The van der Waals surface area contributed by atoms with Crippen molar-refractivity contribution < 1.29 is 17.9 Å². The Morgan fingerprint density at radius 2 is 1.96 bits per heavy atom. The first kappa shape index (κ1) is 18.0. The molecule has 1 amide bonds. The molecule has 1 aromatic rings. The lowest BCUT2D eigenvalue weighted by molar-refractivity contribution is -0.128. The molecule has 8 heteroatoms. The quantitative estimate of drug-likeness (QED) is 0.852. The summed E-state index contributed by atoms with van der Waals surface area (Å²) in [5.41, 5.74) is 1.43. The first-order valence-electron chi connectivity index (χ1n) is 8.48. The summed E-state index contributed by atoms with van der Waals surface area (Å²) in [5.74, 6) is 0.167. The summed E-state index contributed by atoms with van der Waals surface area (Å²) in [6, 6.07) is 5.44. The fourth-order valence-electron chi connectivity index (χ4n) is 3.26. The van der Waals surface area contributed by atoms with Crippen LogP contribution in [0.5, 0.6) is 5.75 Å². The van der Waals surface area contributed by atoms with Gasteiger partial charge in [-0.2, -0.15) is 0 Å². The topological polar surface area (TPSA) is 79.0 Å². The van der Waals surface area contributed by atoms with Crippen molar-refractivity contribution in [2.45, 2.75) is 31.9 Å². The highest BCUT2D eigenvalue weighted by Gasteiger charge is 2.36. The van der Waals surface area contributed by atoms with Crippen molar-refractivity contribution in [1.82, 2.24) is 10.2 Å². The van der Waals surface area contributed by atoms with E-state index < -0.39 is 16.1 Å². The molecule has 2 heterocycles. The van der Waals surface area contributed by atoms with Crippen molar-refractivity contribution >= 4 is 21.6 Å². The van der Waals surface area contributed by atoms with E-state index in [0.29, 0.717) is 11.4 Å². The minimum Gasteiger partial charge on any atom is -0.476 e. The van der Waals surface area contributed by atoms with Gasteiger partial charge in [0.15, 0.2) is 6.10 Å². The molecule has 138 valence electrons. The number of benzene rings is 1. The predicted octanol–water partition coefficient (Wildman–Crippen LogP) is 0.732. The molecule has 0 aliphatic carbocycles. The van der Waals surface area contributed by atoms with Gasteiger partial charge in [-0.05, 0) is 57.6 Å². The van der Waals surface area contributed by atoms with Crippen molar-refractivity contribution in [3.05, 3.63) is 23.8 Å². The Bertz CT molecular complexity index is 757. The number of hydrogen-bond acceptors (Lipinski definition) is 5. The molecular formula is C17H25N3O4S. The number of carbonyl (C=O) groups is 1. The van der Waals surface area contributed by atoms with Gasteiger partial charge in [-0.15, -0.1) is 0 Å². The minimum absolute atomic E-state index is 0.00621. The van der Waals surface area contributed by atoms with Crippen LogP contribution in [0.25, 0.3) is 0 Å². The summed E-state index contributed by atoms with van der Waals surface area (Å²) in [7, 11) is -1.44. The zero-order valence-corrected chi connectivity index (χ0v) is 15.7. The molecular weight excluding hydrogens is 342 g/mol. The minimum atomic E-state index is -3.50. The molecule has 0 bridgehead atoms. The molecule has 0 unspecified atom stereocenters. The fourth-order valence-corrected chi connectivity index (χ4v) is 4.17. The second-order valence-electron chi connectivity index (χ2n) is 6.96. The molecule has 7 nitrogen and oxygen atoms in total. The van der Waals surface area contributed by atoms with Crippen LogP contribution in [0.4, 0.5) is 5.69 Å². The number of sulfonamides is 1. The summed E-state index contributed by atoms with van der Waals surface area (Å²) in [6.45, 7) is 3.76. The predicted molar refractivity (Wildman–Crippen MR) is 96.4 cm³/mol. The average Bonchev–Trinajstić information content (AvgIpc) is 2.55. The summed E-state index contributed by atoms with van der Waals surface area (Å²) in [5, 5.41) is 3.01. The number of rotatable bonds is 3. The molecule has 1 N–H and O–H groups in total. The van der Waals surface area contributed by atoms with Crippen LogP contribution in [0.15, 0.2) is 18.2 Å². The number of fused-ring (bicyclic) bond motifs is 1. The number of carbonyl (C=O) groups excluding carboxylic acids is 1. The number of aryl methyl sites for hydroxylation is 1. The van der Waals surface area contributed by atoms with E-state index >= 15 is 0 Å². The number of amides is 1. The van der Waals surface area contributed by atoms with E-state index in [1.165, 1.54) is 4.31 Å². The number of piperidine rings is 1. The van der Waals surface area contributed by atoms with E-state index in [1.54, 1.807) is 12.1 Å². The van der Waals surface area contributed by atoms with E-state index in [-0.39, 0.29) is 18.5 Å². The number of likely N-dealkylation sites (tertiary alicyclic amines) is 1. The van der Waals surface area contributed by atoms with E-state index in [9.17, 15) is 13.2 Å². The lowest BCUT2D eigenvalue weighted by atomic mass is 10.1. The monoisotopic (exact) mass is 367 g/mol. The highest BCUT2D eigenvalue weighted by molar-refractivity contribution is 7.92. The molecule has 2 aliphatic rings. The number of ether oxygens (including phenoxy) is 1. The van der Waals surface area contributed by atoms with Crippen LogP contribution in [0, 0.1) is 6.92 Å². The van der Waals surface area contributed by atoms with Crippen LogP contribution >= 0.6 is 0 Å². The van der Waals surface area contributed by atoms with Gasteiger partial charge >= 0.3 is 0 Å². The second kappa shape index (κ2) is 6.84. The van der Waals surface area contributed by atoms with Crippen molar-refractivity contribution in [1.29, 1.82) is 0 Å². The summed E-state index contributed by atoms with van der Waals surface area (Å²) in [4.78, 5) is 14.9. The normalized spacial score (nSPS) is 22.2. The summed E-state index contributed by atoms with van der Waals surface area (Å²) >= 11 is 0. The summed E-state index contributed by atoms with van der Waals surface area (Å²) < 4.78 is 31.4. The molecule has 2 aliphatic heterocycles. The van der Waals surface area contributed by atoms with Gasteiger partial charge in [0.1, 0.15) is 5.75 Å². The Morgan fingerprint density at radius 1 is 1.28 bits per heavy atom. The third-order valence-electron chi connectivity index (χ3n) is 4.74. The highest BCUT2D eigenvalue weighted by atomic mass is 32.2. The molecule has 1 atom stereocenters. The van der Waals surface area contributed by atoms with Gasteiger partial charge in [0.25, 0.3) is 5.91 Å². The van der Waals surface area contributed by atoms with Crippen LogP contribution in [0.3, 0.4) is 0 Å². The fraction of sp³-hybridized carbons (Fsp3) is 0.588. The first-order valence-corrected chi connectivity index (χ1v) is 10.3. The van der Waals surface area contributed by atoms with Crippen LogP contribution in [0.2, 0.25) is 0 Å². The Morgan fingerprint density at radius 3 is 2.60 bits per heavy atom. The van der Waals surface area contributed by atoms with Crippen molar-refractivity contribution in [2.24, 2.45) is 0 Å². The Hall–Kier alpha value is -1.80. The van der Waals surface area contributed by atoms with Crippen molar-refractivity contribution in [3.8, 4) is 5.75 Å². The lowest BCUT2D eigenvalue weighted by Crippen LogP contribution is -2.53. The molecule has 1 saturated heterocycles. The van der Waals surface area contributed by atoms with Crippen molar-refractivity contribution in [2.75, 3.05) is 37.2 Å². The van der Waals surface area contributed by atoms with Gasteiger partial charge in [-0.1, -0.05) is 6.07 Å². The van der Waals surface area contributed by atoms with Crippen LogP contribution in [-0.2, 0) is 14.8 Å². The van der Waals surface area contributed by atoms with Gasteiger partial charge < -0.3 is 15.0 Å². The second-order valence-corrected chi connectivity index (χ2v) is 8.86. The molecule has 3 rings (SSSR count). The number of anilines is 1. The van der Waals surface area contributed by atoms with E-state index in [1.807, 2.05) is 13.0 Å². The number of nitrogens with zero attached hydrogens (tertiary/aromatic N) is 2. The maximum Gasteiger partial charge on any atom is 0.263 e. The SMILES string of the molecule is Cc1ccc2c(c1)N(S(C)(=O)=O)C[C@@H](C(=O)NC1CCN(C)CC1)O2. The zero-order valence-electron chi connectivity index (χ0n) is 14.9. The van der Waals surface area contributed by atoms with Gasteiger partial charge in [0, 0.05) is 6.04 Å². The molecule has 0 aromatic heterocycles. The Labute approximate surface area is 149 Å². The van der Waals surface area contributed by atoms with Crippen LogP contribution in [-0.4, -0.2) is 64.3 Å². The van der Waals surface area contributed by atoms with Gasteiger partial charge in [0.2, 0.25) is 10.0 Å². The van der Waals surface area contributed by atoms with Crippen LogP contribution < -0.4 is 14.4 Å². The molecule has 0 radical (unpaired) electrons. The van der Waals surface area contributed by atoms with E-state index in [0.717, 1.165) is 37.8 Å². The third-order valence-corrected chi connectivity index (χ3v) is 5.89. The standard InChI is InChI=1S/C17H25N3O4S/c1-12-4-5-15-14(10-12)20(25(3,22)23)11-16(24-15)17(21)18-13-6-8-19(2)9-7-13/h4-5,10,13,16H,6-9,11H2,1-3H3,(H,18,21)/t16-/m0/s1. The third kappa shape index (κ3) is 4.07. The molecule has 0 spiro atoms. The maximum atomic E-state index is 12.6. The molecule has 1 fully saturated rings. The maximum absolute atomic E-state index is 12.6. The molecule has 25 heavy (non-hydrogen) atoms. The van der Waals surface area contributed by atoms with E-state index in [2.05, 4.69) is 17.3 Å². The smallest absolute Gasteiger partial charge is 0.263 e. The zero-order chi connectivity index (χ0) is 18.2. The highest BCUT2D eigenvalue weighted by Crippen LogP contribution is 2.35. The summed E-state index contributed by atoms with van der Waals surface area (Å²) in [6.07, 6.45) is 2.09. The Balaban J connectivity index is 1.77. The average molecular weight is 367 g/mol. The van der Waals surface area contributed by atoms with Gasteiger partial charge in [-0.3, -0.25) is 9.10 Å². The van der Waals surface area contributed by atoms with Crippen LogP contribution in [0.1, 0.15) is 18.4 Å². The largest absolute Gasteiger partial charge is 0.476 e. The molecule has 1 aromatic carbocycles. The number of hydrogen-bond donors (Lipinski definition) is 1. The van der Waals surface area contributed by atoms with Crippen molar-refractivity contribution in [3.63, 3.8) is 0 Å². The lowest BCUT2D eigenvalue weighted by Gasteiger charge is -2.35. The Kier molecular flexibility index (Phi) is 4.92.